The van der Waals surface area contributed by atoms with Crippen LogP contribution in [0, 0.1) is 24.0 Å². The maximum Gasteiger partial charge on any atom is 0.310 e. The number of aryl methyl sites for hydroxylation is 2. The zero-order chi connectivity index (χ0) is 15.4. The molecule has 0 aromatic heterocycles. The molecule has 0 spiro atoms. The summed E-state index contributed by atoms with van der Waals surface area (Å²) in [7, 11) is 0. The lowest BCUT2D eigenvalue weighted by molar-refractivity contribution is -0.386. The van der Waals surface area contributed by atoms with E-state index in [1.54, 1.807) is 0 Å². The van der Waals surface area contributed by atoms with Crippen molar-refractivity contribution in [1.82, 2.24) is 0 Å². The van der Waals surface area contributed by atoms with E-state index < -0.39 is 4.92 Å². The normalized spacial score (nSPS) is 10.4. The van der Waals surface area contributed by atoms with Gasteiger partial charge in [-0.2, -0.15) is 0 Å². The molecule has 0 amide bonds. The monoisotopic (exact) mass is 287 g/mol. The molecule has 110 valence electrons. The van der Waals surface area contributed by atoms with Gasteiger partial charge in [0.2, 0.25) is 0 Å². The van der Waals surface area contributed by atoms with Gasteiger partial charge in [0.1, 0.15) is 6.61 Å². The Morgan fingerprint density at radius 1 is 1.19 bits per heavy atom. The fraction of sp³-hybridized carbons (Fsp3) is 0.250. The Bertz CT molecular complexity index is 667. The smallest absolute Gasteiger partial charge is 0.310 e. The van der Waals surface area contributed by atoms with Crippen molar-refractivity contribution in [3.8, 4) is 5.75 Å². The summed E-state index contributed by atoms with van der Waals surface area (Å²) in [4.78, 5) is 10.5. The molecule has 0 heterocycles. The zero-order valence-corrected chi connectivity index (χ0v) is 12.0. The summed E-state index contributed by atoms with van der Waals surface area (Å²) in [5, 5.41) is 20.1. The van der Waals surface area contributed by atoms with E-state index in [9.17, 15) is 10.1 Å². The highest BCUT2D eigenvalue weighted by atomic mass is 16.6. The summed E-state index contributed by atoms with van der Waals surface area (Å²) < 4.78 is 5.61. The van der Waals surface area contributed by atoms with Crippen LogP contribution >= 0.6 is 0 Å². The van der Waals surface area contributed by atoms with E-state index in [1.807, 2.05) is 32.0 Å². The van der Waals surface area contributed by atoms with Gasteiger partial charge in [-0.1, -0.05) is 23.8 Å². The fourth-order valence-electron chi connectivity index (χ4n) is 2.03. The number of nitrogens with zero attached hydrogens (tertiary/aromatic N) is 1. The molecule has 0 aliphatic heterocycles. The fourth-order valence-corrected chi connectivity index (χ4v) is 2.03. The van der Waals surface area contributed by atoms with Crippen molar-refractivity contribution >= 4 is 5.69 Å². The number of rotatable bonds is 5. The molecule has 5 heteroatoms. The van der Waals surface area contributed by atoms with Gasteiger partial charge in [-0.15, -0.1) is 0 Å². The standard InChI is InChI=1S/C16H17NO4/c1-11-3-4-12(2)14(7-11)10-21-16-8-13(9-18)5-6-15(16)17(19)20/h3-8,18H,9-10H2,1-2H3. The lowest BCUT2D eigenvalue weighted by Crippen LogP contribution is -2.02. The maximum atomic E-state index is 11.0. The first-order chi connectivity index (χ1) is 10.0. The number of nitro benzene ring substituents is 1. The van der Waals surface area contributed by atoms with Gasteiger partial charge in [-0.3, -0.25) is 10.1 Å². The van der Waals surface area contributed by atoms with Gasteiger partial charge in [0.25, 0.3) is 0 Å². The third kappa shape index (κ3) is 3.58. The Labute approximate surface area is 123 Å². The van der Waals surface area contributed by atoms with Crippen LogP contribution in [0.1, 0.15) is 22.3 Å². The second-order valence-electron chi connectivity index (χ2n) is 4.94. The summed E-state index contributed by atoms with van der Waals surface area (Å²) in [6, 6.07) is 10.4. The molecule has 0 fully saturated rings. The molecule has 0 unspecified atom stereocenters. The number of aliphatic hydroxyl groups is 1. The first kappa shape index (κ1) is 15.0. The van der Waals surface area contributed by atoms with Crippen molar-refractivity contribution in [3.05, 3.63) is 68.8 Å². The van der Waals surface area contributed by atoms with Crippen LogP contribution in [0.4, 0.5) is 5.69 Å². The molecule has 0 radical (unpaired) electrons. The molecule has 0 aliphatic carbocycles. The maximum absolute atomic E-state index is 11.0. The lowest BCUT2D eigenvalue weighted by Gasteiger charge is -2.10. The lowest BCUT2D eigenvalue weighted by atomic mass is 10.1. The second kappa shape index (κ2) is 6.37. The highest BCUT2D eigenvalue weighted by Crippen LogP contribution is 2.29. The molecule has 0 saturated heterocycles. The SMILES string of the molecule is Cc1ccc(C)c(COc2cc(CO)ccc2[N+](=O)[O-])c1. The topological polar surface area (TPSA) is 72.6 Å². The Balaban J connectivity index is 2.26. The molecular weight excluding hydrogens is 270 g/mol. The Morgan fingerprint density at radius 3 is 2.62 bits per heavy atom. The van der Waals surface area contributed by atoms with E-state index in [-0.39, 0.29) is 24.7 Å². The number of benzene rings is 2. The molecule has 5 nitrogen and oxygen atoms in total. The van der Waals surface area contributed by atoms with Gasteiger partial charge < -0.3 is 9.84 Å². The summed E-state index contributed by atoms with van der Waals surface area (Å²) in [5.41, 5.74) is 3.65. The molecule has 0 saturated carbocycles. The van der Waals surface area contributed by atoms with Crippen LogP contribution in [0.5, 0.6) is 5.75 Å². The largest absolute Gasteiger partial charge is 0.482 e. The van der Waals surface area contributed by atoms with Crippen LogP contribution in [0.2, 0.25) is 0 Å². The van der Waals surface area contributed by atoms with Crippen molar-refractivity contribution in [2.45, 2.75) is 27.1 Å². The number of ether oxygens (including phenoxy) is 1. The highest BCUT2D eigenvalue weighted by Gasteiger charge is 2.16. The van der Waals surface area contributed by atoms with E-state index >= 15 is 0 Å². The van der Waals surface area contributed by atoms with E-state index in [0.29, 0.717) is 5.56 Å². The van der Waals surface area contributed by atoms with Crippen LogP contribution in [0.15, 0.2) is 36.4 Å². The predicted molar refractivity (Wildman–Crippen MR) is 79.3 cm³/mol. The minimum Gasteiger partial charge on any atom is -0.482 e. The van der Waals surface area contributed by atoms with Crippen molar-refractivity contribution in [1.29, 1.82) is 0 Å². The Hall–Kier alpha value is -2.40. The Kier molecular flexibility index (Phi) is 4.55. The molecule has 0 atom stereocenters. The average molecular weight is 287 g/mol. The van der Waals surface area contributed by atoms with Gasteiger partial charge in [0, 0.05) is 6.07 Å². The van der Waals surface area contributed by atoms with Crippen molar-refractivity contribution in [2.75, 3.05) is 0 Å². The summed E-state index contributed by atoms with van der Waals surface area (Å²) >= 11 is 0. The number of aliphatic hydroxyl groups excluding tert-OH is 1. The van der Waals surface area contributed by atoms with Crippen molar-refractivity contribution < 1.29 is 14.8 Å². The van der Waals surface area contributed by atoms with E-state index in [2.05, 4.69) is 0 Å². The Morgan fingerprint density at radius 2 is 1.95 bits per heavy atom. The first-order valence-corrected chi connectivity index (χ1v) is 6.58. The van der Waals surface area contributed by atoms with Crippen LogP contribution in [0.25, 0.3) is 0 Å². The molecule has 2 rings (SSSR count). The molecular formula is C16H17NO4. The average Bonchev–Trinajstić information content (AvgIpc) is 2.47. The summed E-state index contributed by atoms with van der Waals surface area (Å²) in [6.45, 7) is 4.02. The number of hydrogen-bond acceptors (Lipinski definition) is 4. The van der Waals surface area contributed by atoms with Crippen LogP contribution < -0.4 is 4.74 Å². The molecule has 2 aromatic carbocycles. The van der Waals surface area contributed by atoms with Crippen LogP contribution in [0.3, 0.4) is 0 Å². The summed E-state index contributed by atoms with van der Waals surface area (Å²) in [5.74, 6) is 0.174. The van der Waals surface area contributed by atoms with Crippen molar-refractivity contribution in [3.63, 3.8) is 0 Å². The zero-order valence-electron chi connectivity index (χ0n) is 12.0. The minimum atomic E-state index is -0.487. The minimum absolute atomic E-state index is 0.0995. The van der Waals surface area contributed by atoms with E-state index in [0.717, 1.165) is 16.7 Å². The predicted octanol–water partition coefficient (Wildman–Crippen LogP) is 3.28. The number of hydrogen-bond donors (Lipinski definition) is 1. The molecule has 0 aliphatic rings. The molecule has 2 aromatic rings. The van der Waals surface area contributed by atoms with Crippen molar-refractivity contribution in [2.24, 2.45) is 0 Å². The van der Waals surface area contributed by atoms with Gasteiger partial charge in [-0.05, 0) is 42.7 Å². The third-order valence-corrected chi connectivity index (χ3v) is 3.29. The molecule has 0 bridgehead atoms. The van der Waals surface area contributed by atoms with Gasteiger partial charge >= 0.3 is 5.69 Å². The molecule has 1 N–H and O–H groups in total. The van der Waals surface area contributed by atoms with Gasteiger partial charge in [0.05, 0.1) is 11.5 Å². The van der Waals surface area contributed by atoms with Crippen LogP contribution in [-0.4, -0.2) is 10.0 Å². The number of nitro groups is 1. The first-order valence-electron chi connectivity index (χ1n) is 6.58. The quantitative estimate of drug-likeness (QED) is 0.676. The highest BCUT2D eigenvalue weighted by molar-refractivity contribution is 5.48. The van der Waals surface area contributed by atoms with E-state index in [1.165, 1.54) is 18.2 Å². The molecule has 21 heavy (non-hydrogen) atoms. The van der Waals surface area contributed by atoms with Gasteiger partial charge in [-0.25, -0.2) is 0 Å². The summed E-state index contributed by atoms with van der Waals surface area (Å²) in [6.07, 6.45) is 0. The van der Waals surface area contributed by atoms with E-state index in [4.69, 9.17) is 9.84 Å². The van der Waals surface area contributed by atoms with Crippen LogP contribution in [-0.2, 0) is 13.2 Å². The third-order valence-electron chi connectivity index (χ3n) is 3.29. The second-order valence-corrected chi connectivity index (χ2v) is 4.94. The van der Waals surface area contributed by atoms with Gasteiger partial charge in [0.15, 0.2) is 5.75 Å².